The van der Waals surface area contributed by atoms with Crippen molar-refractivity contribution in [1.29, 1.82) is 0 Å². The number of ether oxygens (including phenoxy) is 1. The molecule has 2 aromatic rings. The summed E-state index contributed by atoms with van der Waals surface area (Å²) in [5.41, 5.74) is 0.633. The van der Waals surface area contributed by atoms with Crippen molar-refractivity contribution < 1.29 is 14.6 Å². The van der Waals surface area contributed by atoms with Crippen molar-refractivity contribution in [2.45, 2.75) is 0 Å². The first-order chi connectivity index (χ1) is 9.76. The van der Waals surface area contributed by atoms with E-state index in [2.05, 4.69) is 0 Å². The van der Waals surface area contributed by atoms with Gasteiger partial charge in [-0.1, -0.05) is 30.3 Å². The van der Waals surface area contributed by atoms with Crippen molar-refractivity contribution in [1.82, 2.24) is 4.90 Å². The van der Waals surface area contributed by atoms with Crippen LogP contribution in [0.2, 0.25) is 0 Å². The van der Waals surface area contributed by atoms with Gasteiger partial charge in [-0.3, -0.25) is 4.79 Å². The van der Waals surface area contributed by atoms with Gasteiger partial charge in [0, 0.05) is 25.8 Å². The van der Waals surface area contributed by atoms with Gasteiger partial charge in [0.15, 0.2) is 0 Å². The summed E-state index contributed by atoms with van der Waals surface area (Å²) in [6.07, 6.45) is 0. The van der Waals surface area contributed by atoms with Gasteiger partial charge in [-0.15, -0.1) is 0 Å². The minimum absolute atomic E-state index is 0.0525. The quantitative estimate of drug-likeness (QED) is 0.875. The highest BCUT2D eigenvalue weighted by Crippen LogP contribution is 2.16. The van der Waals surface area contributed by atoms with Crippen LogP contribution in [-0.4, -0.2) is 49.3 Å². The van der Waals surface area contributed by atoms with E-state index in [1.54, 1.807) is 12.0 Å². The molecule has 0 aliphatic carbocycles. The van der Waals surface area contributed by atoms with Crippen molar-refractivity contribution in [2.24, 2.45) is 0 Å². The fourth-order valence-corrected chi connectivity index (χ4v) is 2.14. The summed E-state index contributed by atoms with van der Waals surface area (Å²) in [6.45, 7) is 1.19. The maximum Gasteiger partial charge on any atom is 0.254 e. The molecule has 0 heterocycles. The van der Waals surface area contributed by atoms with E-state index in [4.69, 9.17) is 9.84 Å². The Hall–Kier alpha value is -1.91. The lowest BCUT2D eigenvalue weighted by atomic mass is 10.1. The second kappa shape index (κ2) is 7.03. The van der Waals surface area contributed by atoms with Crippen LogP contribution in [0.1, 0.15) is 10.4 Å². The molecule has 0 aromatic heterocycles. The van der Waals surface area contributed by atoms with Crippen LogP contribution >= 0.6 is 0 Å². The van der Waals surface area contributed by atoms with E-state index < -0.39 is 0 Å². The number of benzene rings is 2. The largest absolute Gasteiger partial charge is 0.395 e. The van der Waals surface area contributed by atoms with E-state index in [0.29, 0.717) is 25.3 Å². The van der Waals surface area contributed by atoms with Crippen LogP contribution < -0.4 is 0 Å². The molecule has 2 aromatic carbocycles. The van der Waals surface area contributed by atoms with Gasteiger partial charge >= 0.3 is 0 Å². The van der Waals surface area contributed by atoms with Crippen LogP contribution in [0.25, 0.3) is 10.8 Å². The molecule has 4 heteroatoms. The lowest BCUT2D eigenvalue weighted by molar-refractivity contribution is 0.0656. The first kappa shape index (κ1) is 14.5. The molecule has 4 nitrogen and oxygen atoms in total. The Labute approximate surface area is 118 Å². The van der Waals surface area contributed by atoms with Gasteiger partial charge in [0.1, 0.15) is 0 Å². The number of hydrogen-bond acceptors (Lipinski definition) is 3. The number of nitrogens with zero attached hydrogens (tertiary/aromatic N) is 1. The molecule has 106 valence electrons. The zero-order chi connectivity index (χ0) is 14.4. The summed E-state index contributed by atoms with van der Waals surface area (Å²) in [6, 6.07) is 13.6. The molecule has 20 heavy (non-hydrogen) atoms. The maximum atomic E-state index is 12.4. The highest BCUT2D eigenvalue weighted by Gasteiger charge is 2.15. The summed E-state index contributed by atoms with van der Waals surface area (Å²) in [5.74, 6) is -0.0816. The third-order valence-electron chi connectivity index (χ3n) is 3.22. The van der Waals surface area contributed by atoms with E-state index in [9.17, 15) is 4.79 Å². The Bertz CT molecular complexity index is 583. The first-order valence-electron chi connectivity index (χ1n) is 6.64. The highest BCUT2D eigenvalue weighted by atomic mass is 16.5. The second-order valence-corrected chi connectivity index (χ2v) is 4.57. The van der Waals surface area contributed by atoms with E-state index >= 15 is 0 Å². The van der Waals surface area contributed by atoms with Crippen LogP contribution in [0, 0.1) is 0 Å². The summed E-state index contributed by atoms with van der Waals surface area (Å²) in [4.78, 5) is 14.0. The first-order valence-corrected chi connectivity index (χ1v) is 6.64. The molecule has 1 N–H and O–H groups in total. The van der Waals surface area contributed by atoms with Gasteiger partial charge in [-0.05, 0) is 22.9 Å². The van der Waals surface area contributed by atoms with Gasteiger partial charge in [0.25, 0.3) is 5.91 Å². The monoisotopic (exact) mass is 273 g/mol. The zero-order valence-corrected chi connectivity index (χ0v) is 11.6. The molecule has 0 aliphatic heterocycles. The molecule has 2 rings (SSSR count). The van der Waals surface area contributed by atoms with E-state index in [1.165, 1.54) is 0 Å². The van der Waals surface area contributed by atoms with Gasteiger partial charge in [-0.25, -0.2) is 0 Å². The van der Waals surface area contributed by atoms with E-state index in [-0.39, 0.29) is 12.5 Å². The van der Waals surface area contributed by atoms with Crippen LogP contribution in [-0.2, 0) is 4.74 Å². The van der Waals surface area contributed by atoms with Gasteiger partial charge in [0.05, 0.1) is 13.2 Å². The SMILES string of the molecule is COCCN(CCO)C(=O)c1ccc2ccccc2c1. The Balaban J connectivity index is 2.23. The van der Waals surface area contributed by atoms with E-state index in [0.717, 1.165) is 10.8 Å². The number of aliphatic hydroxyl groups is 1. The normalized spacial score (nSPS) is 10.7. The average Bonchev–Trinajstić information content (AvgIpc) is 2.50. The molecule has 0 aliphatic rings. The summed E-state index contributed by atoms with van der Waals surface area (Å²) < 4.78 is 5.00. The zero-order valence-electron chi connectivity index (χ0n) is 11.6. The summed E-state index contributed by atoms with van der Waals surface area (Å²) >= 11 is 0. The predicted octanol–water partition coefficient (Wildman–Crippen LogP) is 1.92. The third kappa shape index (κ3) is 3.35. The lowest BCUT2D eigenvalue weighted by Gasteiger charge is -2.21. The van der Waals surface area contributed by atoms with Gasteiger partial charge in [-0.2, -0.15) is 0 Å². The molecule has 0 saturated carbocycles. The Morgan fingerprint density at radius 2 is 1.90 bits per heavy atom. The molecule has 0 radical (unpaired) electrons. The third-order valence-corrected chi connectivity index (χ3v) is 3.22. The topological polar surface area (TPSA) is 49.8 Å². The number of carbonyl (C=O) groups excluding carboxylic acids is 1. The van der Waals surface area contributed by atoms with Crippen LogP contribution in [0.4, 0.5) is 0 Å². The number of hydrogen-bond donors (Lipinski definition) is 1. The van der Waals surface area contributed by atoms with E-state index in [1.807, 2.05) is 42.5 Å². The second-order valence-electron chi connectivity index (χ2n) is 4.57. The van der Waals surface area contributed by atoms with Crippen LogP contribution in [0.15, 0.2) is 42.5 Å². The van der Waals surface area contributed by atoms with Gasteiger partial charge in [0.2, 0.25) is 0 Å². The van der Waals surface area contributed by atoms with Crippen molar-refractivity contribution in [3.05, 3.63) is 48.0 Å². The summed E-state index contributed by atoms with van der Waals surface area (Å²) in [5, 5.41) is 11.2. The number of fused-ring (bicyclic) bond motifs is 1. The minimum Gasteiger partial charge on any atom is -0.395 e. The highest BCUT2D eigenvalue weighted by molar-refractivity contribution is 5.98. The molecular formula is C16H19NO3. The number of rotatable bonds is 6. The van der Waals surface area contributed by atoms with Crippen molar-refractivity contribution >= 4 is 16.7 Å². The van der Waals surface area contributed by atoms with Gasteiger partial charge < -0.3 is 14.7 Å². The standard InChI is InChI=1S/C16H19NO3/c1-20-11-9-17(8-10-18)16(19)15-7-6-13-4-2-3-5-14(13)12-15/h2-7,12,18H,8-11H2,1H3. The number of carbonyl (C=O) groups is 1. The maximum absolute atomic E-state index is 12.4. The molecule has 0 bridgehead atoms. The predicted molar refractivity (Wildman–Crippen MR) is 78.8 cm³/mol. The lowest BCUT2D eigenvalue weighted by Crippen LogP contribution is -2.36. The molecule has 0 fully saturated rings. The average molecular weight is 273 g/mol. The fourth-order valence-electron chi connectivity index (χ4n) is 2.14. The summed E-state index contributed by atoms with van der Waals surface area (Å²) in [7, 11) is 1.59. The molecule has 0 saturated heterocycles. The minimum atomic E-state index is -0.0816. The Morgan fingerprint density at radius 1 is 1.15 bits per heavy atom. The van der Waals surface area contributed by atoms with Crippen LogP contribution in [0.5, 0.6) is 0 Å². The van der Waals surface area contributed by atoms with Crippen molar-refractivity contribution in [3.63, 3.8) is 0 Å². The number of amides is 1. The molecule has 0 unspecified atom stereocenters. The molecule has 0 spiro atoms. The molecular weight excluding hydrogens is 254 g/mol. The number of aliphatic hydroxyl groups excluding tert-OH is 1. The fraction of sp³-hybridized carbons (Fsp3) is 0.312. The Kier molecular flexibility index (Phi) is 5.09. The number of methoxy groups -OCH3 is 1. The van der Waals surface area contributed by atoms with Crippen molar-refractivity contribution in [3.8, 4) is 0 Å². The van der Waals surface area contributed by atoms with Crippen LogP contribution in [0.3, 0.4) is 0 Å². The smallest absolute Gasteiger partial charge is 0.254 e. The Morgan fingerprint density at radius 3 is 2.60 bits per heavy atom. The molecule has 1 amide bonds. The van der Waals surface area contributed by atoms with Crippen molar-refractivity contribution in [2.75, 3.05) is 33.4 Å². The molecule has 0 atom stereocenters.